The molecule has 1 spiro atoms. The third-order valence-electron chi connectivity index (χ3n) is 6.41. The maximum Gasteiger partial charge on any atom is 0.319 e. The van der Waals surface area contributed by atoms with Gasteiger partial charge in [0.1, 0.15) is 0 Å². The molecule has 0 saturated carbocycles. The van der Waals surface area contributed by atoms with Crippen molar-refractivity contribution < 1.29 is 14.4 Å². The Morgan fingerprint density at radius 1 is 1.12 bits per heavy atom. The van der Waals surface area contributed by atoms with Crippen LogP contribution in [0.5, 0.6) is 0 Å². The van der Waals surface area contributed by atoms with Gasteiger partial charge in [-0.25, -0.2) is 4.79 Å². The number of carbonyl (C=O) groups excluding carboxylic acids is 3. The van der Waals surface area contributed by atoms with Gasteiger partial charge in [-0.2, -0.15) is 0 Å². The minimum atomic E-state index is -0.211. The van der Waals surface area contributed by atoms with Crippen LogP contribution >= 0.6 is 0 Å². The third kappa shape index (κ3) is 2.68. The average Bonchev–Trinajstić information content (AvgIpc) is 3.10. The SMILES string of the molecule is CC(C)C(=O)N1CCC2(CC1)[C@H]1CN(C(=O)N(C)C)C[C@H]1C(=O)N2C. The molecule has 3 heterocycles. The number of hydrogen-bond acceptors (Lipinski definition) is 3. The van der Waals surface area contributed by atoms with Gasteiger partial charge in [0.15, 0.2) is 0 Å². The fraction of sp³-hybridized carbons (Fsp3) is 0.833. The second-order valence-electron chi connectivity index (χ2n) is 8.28. The van der Waals surface area contributed by atoms with Crippen molar-refractivity contribution in [2.75, 3.05) is 47.3 Å². The molecule has 3 aliphatic heterocycles. The molecule has 25 heavy (non-hydrogen) atoms. The maximum atomic E-state index is 12.8. The standard InChI is InChI=1S/C18H30N4O3/c1-12(2)15(23)21-8-6-18(7-9-21)14-11-22(17(25)19(3)4)10-13(14)16(24)20(18)5/h12-14H,6-11H2,1-5H3/t13-,14+/m1/s1. The fourth-order valence-electron chi connectivity index (χ4n) is 4.94. The highest BCUT2D eigenvalue weighted by atomic mass is 16.2. The van der Waals surface area contributed by atoms with Gasteiger partial charge in [0.25, 0.3) is 0 Å². The maximum absolute atomic E-state index is 12.8. The number of fused-ring (bicyclic) bond motifs is 2. The Balaban J connectivity index is 1.77. The second kappa shape index (κ2) is 6.18. The summed E-state index contributed by atoms with van der Waals surface area (Å²) >= 11 is 0. The molecule has 2 atom stereocenters. The normalized spacial score (nSPS) is 28.1. The number of urea groups is 1. The Morgan fingerprint density at radius 2 is 1.72 bits per heavy atom. The Kier molecular flexibility index (Phi) is 4.45. The van der Waals surface area contributed by atoms with E-state index in [9.17, 15) is 14.4 Å². The molecule has 4 amide bonds. The molecule has 0 aromatic heterocycles. The number of hydrogen-bond donors (Lipinski definition) is 0. The molecule has 3 fully saturated rings. The number of nitrogens with zero attached hydrogens (tertiary/aromatic N) is 4. The number of piperidine rings is 1. The van der Waals surface area contributed by atoms with Crippen molar-refractivity contribution in [1.29, 1.82) is 0 Å². The van der Waals surface area contributed by atoms with Crippen molar-refractivity contribution in [1.82, 2.24) is 19.6 Å². The first kappa shape index (κ1) is 18.0. The van der Waals surface area contributed by atoms with Gasteiger partial charge in [0, 0.05) is 59.2 Å². The Morgan fingerprint density at radius 3 is 2.24 bits per heavy atom. The summed E-state index contributed by atoms with van der Waals surface area (Å²) in [5.41, 5.74) is -0.211. The van der Waals surface area contributed by atoms with Crippen LogP contribution in [0.2, 0.25) is 0 Å². The van der Waals surface area contributed by atoms with Crippen LogP contribution in [0.25, 0.3) is 0 Å². The Bertz CT molecular complexity index is 581. The first-order valence-electron chi connectivity index (χ1n) is 9.21. The molecule has 3 rings (SSSR count). The lowest BCUT2D eigenvalue weighted by Crippen LogP contribution is -2.57. The number of likely N-dealkylation sites (tertiary alicyclic amines) is 3. The van der Waals surface area contributed by atoms with Gasteiger partial charge < -0.3 is 19.6 Å². The lowest BCUT2D eigenvalue weighted by atomic mass is 9.75. The average molecular weight is 350 g/mol. The van der Waals surface area contributed by atoms with Crippen LogP contribution in [0.4, 0.5) is 4.79 Å². The summed E-state index contributed by atoms with van der Waals surface area (Å²) in [5, 5.41) is 0. The van der Waals surface area contributed by atoms with Crippen LogP contribution < -0.4 is 0 Å². The fourth-order valence-corrected chi connectivity index (χ4v) is 4.94. The summed E-state index contributed by atoms with van der Waals surface area (Å²) in [5.74, 6) is 0.424. The van der Waals surface area contributed by atoms with Crippen LogP contribution in [-0.2, 0) is 9.59 Å². The van der Waals surface area contributed by atoms with Crippen molar-refractivity contribution in [3.05, 3.63) is 0 Å². The number of rotatable bonds is 1. The molecular formula is C18H30N4O3. The van der Waals surface area contributed by atoms with E-state index in [0.29, 0.717) is 26.2 Å². The molecule has 0 N–H and O–H groups in total. The minimum absolute atomic E-state index is 0.00410. The Hall–Kier alpha value is -1.79. The summed E-state index contributed by atoms with van der Waals surface area (Å²) in [4.78, 5) is 44.7. The highest BCUT2D eigenvalue weighted by Crippen LogP contribution is 2.49. The zero-order chi connectivity index (χ0) is 18.5. The number of amides is 4. The molecule has 0 radical (unpaired) electrons. The van der Waals surface area contributed by atoms with Crippen LogP contribution in [0.1, 0.15) is 26.7 Å². The van der Waals surface area contributed by atoms with E-state index in [1.165, 1.54) is 0 Å². The monoisotopic (exact) mass is 350 g/mol. The first-order valence-corrected chi connectivity index (χ1v) is 9.21. The van der Waals surface area contributed by atoms with E-state index in [4.69, 9.17) is 0 Å². The third-order valence-corrected chi connectivity index (χ3v) is 6.41. The van der Waals surface area contributed by atoms with Crippen molar-refractivity contribution >= 4 is 17.8 Å². The molecule has 3 aliphatic rings. The van der Waals surface area contributed by atoms with E-state index in [-0.39, 0.29) is 41.1 Å². The molecular weight excluding hydrogens is 320 g/mol. The van der Waals surface area contributed by atoms with E-state index in [0.717, 1.165) is 12.8 Å². The second-order valence-corrected chi connectivity index (χ2v) is 8.28. The minimum Gasteiger partial charge on any atom is -0.342 e. The van der Waals surface area contributed by atoms with Crippen molar-refractivity contribution in [3.8, 4) is 0 Å². The molecule has 0 aromatic rings. The summed E-state index contributed by atoms with van der Waals surface area (Å²) in [6.07, 6.45) is 1.61. The van der Waals surface area contributed by atoms with E-state index in [2.05, 4.69) is 0 Å². The van der Waals surface area contributed by atoms with Crippen LogP contribution in [0.3, 0.4) is 0 Å². The van der Waals surface area contributed by atoms with Gasteiger partial charge in [0.05, 0.1) is 11.5 Å². The molecule has 7 heteroatoms. The highest BCUT2D eigenvalue weighted by molar-refractivity contribution is 5.85. The smallest absolute Gasteiger partial charge is 0.319 e. The van der Waals surface area contributed by atoms with Gasteiger partial charge in [0.2, 0.25) is 11.8 Å². The van der Waals surface area contributed by atoms with Gasteiger partial charge in [-0.15, -0.1) is 0 Å². The van der Waals surface area contributed by atoms with Gasteiger partial charge in [-0.3, -0.25) is 9.59 Å². The van der Waals surface area contributed by atoms with Crippen LogP contribution in [0.15, 0.2) is 0 Å². The van der Waals surface area contributed by atoms with Crippen LogP contribution in [0, 0.1) is 17.8 Å². The van der Waals surface area contributed by atoms with E-state index in [1.807, 2.05) is 35.6 Å². The lowest BCUT2D eigenvalue weighted by Gasteiger charge is -2.47. The molecule has 3 saturated heterocycles. The van der Waals surface area contributed by atoms with Gasteiger partial charge >= 0.3 is 6.03 Å². The largest absolute Gasteiger partial charge is 0.342 e. The number of carbonyl (C=O) groups is 3. The molecule has 0 aliphatic carbocycles. The lowest BCUT2D eigenvalue weighted by molar-refractivity contribution is -0.139. The topological polar surface area (TPSA) is 64.2 Å². The van der Waals surface area contributed by atoms with Crippen molar-refractivity contribution in [3.63, 3.8) is 0 Å². The van der Waals surface area contributed by atoms with Crippen molar-refractivity contribution in [2.45, 2.75) is 32.2 Å². The van der Waals surface area contributed by atoms with Crippen molar-refractivity contribution in [2.24, 2.45) is 17.8 Å². The molecule has 0 bridgehead atoms. The zero-order valence-corrected chi connectivity index (χ0v) is 16.0. The summed E-state index contributed by atoms with van der Waals surface area (Å²) in [6, 6.07) is -0.0209. The molecule has 0 aromatic carbocycles. The highest BCUT2D eigenvalue weighted by Gasteiger charge is 2.61. The molecule has 140 valence electrons. The van der Waals surface area contributed by atoms with E-state index < -0.39 is 0 Å². The van der Waals surface area contributed by atoms with E-state index in [1.54, 1.807) is 19.0 Å². The zero-order valence-electron chi connectivity index (χ0n) is 16.0. The predicted molar refractivity (Wildman–Crippen MR) is 93.8 cm³/mol. The van der Waals surface area contributed by atoms with E-state index >= 15 is 0 Å². The van der Waals surface area contributed by atoms with Gasteiger partial charge in [-0.05, 0) is 12.8 Å². The first-order chi connectivity index (χ1) is 11.7. The molecule has 7 nitrogen and oxygen atoms in total. The Labute approximate surface area is 149 Å². The summed E-state index contributed by atoms with van der Waals surface area (Å²) in [7, 11) is 5.39. The van der Waals surface area contributed by atoms with Crippen LogP contribution in [-0.4, -0.2) is 90.3 Å². The van der Waals surface area contributed by atoms with Gasteiger partial charge in [-0.1, -0.05) is 13.8 Å². The summed E-state index contributed by atoms with van der Waals surface area (Å²) in [6.45, 7) is 6.39. The summed E-state index contributed by atoms with van der Waals surface area (Å²) < 4.78 is 0. The quantitative estimate of drug-likeness (QED) is 0.699. The molecule has 0 unspecified atom stereocenters. The predicted octanol–water partition coefficient (Wildman–Crippen LogP) is 0.705.